The van der Waals surface area contributed by atoms with Crippen molar-refractivity contribution in [3.63, 3.8) is 0 Å². The summed E-state index contributed by atoms with van der Waals surface area (Å²) in [6, 6.07) is 0. The van der Waals surface area contributed by atoms with Crippen LogP contribution in [0.1, 0.15) is 6.42 Å². The van der Waals surface area contributed by atoms with Gasteiger partial charge in [-0.3, -0.25) is 0 Å². The second-order valence-corrected chi connectivity index (χ2v) is 5.12. The van der Waals surface area contributed by atoms with Gasteiger partial charge < -0.3 is 45.2 Å². The molecule has 0 aliphatic carbocycles. The fraction of sp³-hybridized carbons (Fsp3) is 1.00. The van der Waals surface area contributed by atoms with Gasteiger partial charge in [-0.2, -0.15) is 0 Å². The molecule has 1 rings (SSSR count). The summed E-state index contributed by atoms with van der Waals surface area (Å²) in [6.07, 6.45) is -8.69. The zero-order chi connectivity index (χ0) is 16.0. The maximum absolute atomic E-state index is 10.0. The number of aliphatic hydroxyl groups excluding tert-OH is 7. The molecule has 1 fully saturated rings. The van der Waals surface area contributed by atoms with Crippen molar-refractivity contribution in [3.05, 3.63) is 0 Å². The van der Waals surface area contributed by atoms with Gasteiger partial charge in [0.2, 0.25) is 0 Å². The SMILES string of the molecule is OCC(O)COC(CC1CO1)[C@H](O)[C@@H](O)[C@H](O)[C@H](O)CO. The molecule has 0 spiro atoms. The van der Waals surface area contributed by atoms with E-state index in [0.29, 0.717) is 6.61 Å². The van der Waals surface area contributed by atoms with Crippen LogP contribution < -0.4 is 0 Å². The van der Waals surface area contributed by atoms with Gasteiger partial charge in [-0.25, -0.2) is 0 Å². The molecule has 0 saturated carbocycles. The van der Waals surface area contributed by atoms with Gasteiger partial charge in [-0.15, -0.1) is 0 Å². The number of hydrogen-bond donors (Lipinski definition) is 7. The van der Waals surface area contributed by atoms with E-state index in [1.807, 2.05) is 0 Å². The van der Waals surface area contributed by atoms with E-state index in [1.54, 1.807) is 0 Å². The number of aliphatic hydroxyl groups is 7. The van der Waals surface area contributed by atoms with E-state index in [0.717, 1.165) is 0 Å². The molecule has 0 aromatic heterocycles. The van der Waals surface area contributed by atoms with Crippen LogP contribution in [0, 0.1) is 0 Å². The van der Waals surface area contributed by atoms with Crippen LogP contribution in [0.2, 0.25) is 0 Å². The van der Waals surface area contributed by atoms with E-state index in [4.69, 9.17) is 19.7 Å². The fourth-order valence-electron chi connectivity index (χ4n) is 1.81. The molecule has 3 unspecified atom stereocenters. The van der Waals surface area contributed by atoms with Crippen LogP contribution in [0.25, 0.3) is 0 Å². The van der Waals surface area contributed by atoms with Crippen molar-refractivity contribution >= 4 is 0 Å². The Bertz CT molecular complexity index is 286. The molecule has 0 amide bonds. The zero-order valence-electron chi connectivity index (χ0n) is 11.5. The topological polar surface area (TPSA) is 163 Å². The molecule has 7 atom stereocenters. The molecule has 1 heterocycles. The van der Waals surface area contributed by atoms with E-state index in [-0.39, 0.29) is 19.1 Å². The van der Waals surface area contributed by atoms with Gasteiger partial charge >= 0.3 is 0 Å². The summed E-state index contributed by atoms with van der Waals surface area (Å²) in [5.41, 5.74) is 0. The van der Waals surface area contributed by atoms with Gasteiger partial charge in [-0.05, 0) is 0 Å². The van der Waals surface area contributed by atoms with Crippen LogP contribution in [0.4, 0.5) is 0 Å². The summed E-state index contributed by atoms with van der Waals surface area (Å²) in [6.45, 7) is -1.08. The second-order valence-electron chi connectivity index (χ2n) is 5.12. The van der Waals surface area contributed by atoms with Gasteiger partial charge in [0.15, 0.2) is 0 Å². The lowest BCUT2D eigenvalue weighted by Gasteiger charge is -2.31. The molecule has 126 valence electrons. The summed E-state index contributed by atoms with van der Waals surface area (Å²) >= 11 is 0. The average molecular weight is 312 g/mol. The van der Waals surface area contributed by atoms with Crippen molar-refractivity contribution in [1.29, 1.82) is 0 Å². The highest BCUT2D eigenvalue weighted by atomic mass is 16.6. The van der Waals surface area contributed by atoms with Crippen LogP contribution in [-0.2, 0) is 9.47 Å². The van der Waals surface area contributed by atoms with Gasteiger partial charge in [0.05, 0.1) is 38.6 Å². The monoisotopic (exact) mass is 312 g/mol. The molecule has 1 aliphatic heterocycles. The lowest BCUT2D eigenvalue weighted by Crippen LogP contribution is -2.51. The molecule has 9 heteroatoms. The summed E-state index contributed by atoms with van der Waals surface area (Å²) in [4.78, 5) is 0. The van der Waals surface area contributed by atoms with Crippen LogP contribution in [0.15, 0.2) is 0 Å². The molecule has 21 heavy (non-hydrogen) atoms. The minimum atomic E-state index is -1.75. The third kappa shape index (κ3) is 6.10. The second kappa shape index (κ2) is 8.93. The Morgan fingerprint density at radius 2 is 1.57 bits per heavy atom. The first-order valence-electron chi connectivity index (χ1n) is 6.76. The minimum absolute atomic E-state index is 0.150. The van der Waals surface area contributed by atoms with E-state index >= 15 is 0 Å². The molecule has 0 aromatic carbocycles. The van der Waals surface area contributed by atoms with Gasteiger partial charge in [0.25, 0.3) is 0 Å². The average Bonchev–Trinajstić information content (AvgIpc) is 3.31. The largest absolute Gasteiger partial charge is 0.394 e. The van der Waals surface area contributed by atoms with Crippen molar-refractivity contribution in [1.82, 2.24) is 0 Å². The first-order chi connectivity index (χ1) is 9.90. The lowest BCUT2D eigenvalue weighted by molar-refractivity contribution is -0.159. The van der Waals surface area contributed by atoms with Crippen LogP contribution >= 0.6 is 0 Å². The minimum Gasteiger partial charge on any atom is -0.394 e. The Morgan fingerprint density at radius 1 is 0.952 bits per heavy atom. The van der Waals surface area contributed by atoms with Crippen molar-refractivity contribution in [2.75, 3.05) is 26.4 Å². The molecule has 1 aliphatic rings. The zero-order valence-corrected chi connectivity index (χ0v) is 11.5. The third-order valence-corrected chi connectivity index (χ3v) is 3.27. The molecule has 1 saturated heterocycles. The van der Waals surface area contributed by atoms with E-state index in [2.05, 4.69) is 0 Å². The Hall–Kier alpha value is -0.360. The molecular weight excluding hydrogens is 288 g/mol. The van der Waals surface area contributed by atoms with Crippen molar-refractivity contribution in [3.8, 4) is 0 Å². The van der Waals surface area contributed by atoms with Gasteiger partial charge in [0.1, 0.15) is 30.5 Å². The normalized spacial score (nSPS) is 26.7. The van der Waals surface area contributed by atoms with E-state index < -0.39 is 49.8 Å². The molecule has 7 N–H and O–H groups in total. The number of rotatable bonds is 11. The third-order valence-electron chi connectivity index (χ3n) is 3.27. The quantitative estimate of drug-likeness (QED) is 0.188. The van der Waals surface area contributed by atoms with Gasteiger partial charge in [0, 0.05) is 6.42 Å². The van der Waals surface area contributed by atoms with Crippen molar-refractivity contribution < 1.29 is 45.2 Å². The fourth-order valence-corrected chi connectivity index (χ4v) is 1.81. The summed E-state index contributed by atoms with van der Waals surface area (Å²) in [5.74, 6) is 0. The number of ether oxygens (including phenoxy) is 2. The first-order valence-corrected chi connectivity index (χ1v) is 6.76. The maximum atomic E-state index is 10.0. The highest BCUT2D eigenvalue weighted by Gasteiger charge is 2.38. The predicted molar refractivity (Wildman–Crippen MR) is 68.3 cm³/mol. The molecule has 0 bridgehead atoms. The summed E-state index contributed by atoms with van der Waals surface area (Å²) < 4.78 is 10.2. The summed E-state index contributed by atoms with van der Waals surface area (Å²) in [7, 11) is 0. The molecule has 0 aromatic rings. The van der Waals surface area contributed by atoms with Crippen LogP contribution in [-0.4, -0.2) is 105 Å². The first kappa shape index (κ1) is 18.7. The number of hydrogen-bond acceptors (Lipinski definition) is 9. The Kier molecular flexibility index (Phi) is 7.95. The summed E-state index contributed by atoms with van der Waals surface area (Å²) in [5, 5.41) is 65.4. The van der Waals surface area contributed by atoms with Crippen molar-refractivity contribution in [2.24, 2.45) is 0 Å². The highest BCUT2D eigenvalue weighted by Crippen LogP contribution is 2.22. The molecule has 0 radical (unpaired) electrons. The highest BCUT2D eigenvalue weighted by molar-refractivity contribution is 4.88. The Balaban J connectivity index is 2.57. The van der Waals surface area contributed by atoms with E-state index in [9.17, 15) is 25.5 Å². The molecule has 9 nitrogen and oxygen atoms in total. The van der Waals surface area contributed by atoms with E-state index in [1.165, 1.54) is 0 Å². The van der Waals surface area contributed by atoms with Crippen molar-refractivity contribution in [2.45, 2.75) is 49.1 Å². The van der Waals surface area contributed by atoms with Crippen LogP contribution in [0.5, 0.6) is 0 Å². The number of epoxide rings is 1. The predicted octanol–water partition coefficient (Wildman–Crippen LogP) is -4.05. The standard InChI is InChI=1S/C12H24O9/c13-2-6(15)4-21-9(1-7-5-20-7)11(18)12(19)10(17)8(16)3-14/h6-19H,1-5H2/t6?,7?,8-,9?,10-,11+,12+/m1/s1. The Labute approximate surface area is 122 Å². The smallest absolute Gasteiger partial charge is 0.111 e. The Morgan fingerprint density at radius 3 is 2.05 bits per heavy atom. The maximum Gasteiger partial charge on any atom is 0.111 e. The lowest BCUT2D eigenvalue weighted by atomic mass is 9.97. The van der Waals surface area contributed by atoms with Gasteiger partial charge in [-0.1, -0.05) is 0 Å². The molecular formula is C12H24O9. The van der Waals surface area contributed by atoms with Crippen LogP contribution in [0.3, 0.4) is 0 Å².